The lowest BCUT2D eigenvalue weighted by atomic mass is 10.3. The largest absolute Gasteiger partial charge is 0.484 e. The molecule has 2 aromatic rings. The van der Waals surface area contributed by atoms with Crippen LogP contribution in [0.3, 0.4) is 0 Å². The van der Waals surface area contributed by atoms with Crippen molar-refractivity contribution in [3.63, 3.8) is 0 Å². The molecule has 1 amide bonds. The number of aromatic nitrogens is 3. The molecule has 1 aromatic heterocycles. The van der Waals surface area contributed by atoms with Crippen LogP contribution < -0.4 is 10.1 Å². The first kappa shape index (κ1) is 13.8. The van der Waals surface area contributed by atoms with Crippen molar-refractivity contribution in [1.82, 2.24) is 15.4 Å². The van der Waals surface area contributed by atoms with E-state index in [1.807, 2.05) is 0 Å². The topological polar surface area (TPSA) is 79.9 Å². The van der Waals surface area contributed by atoms with E-state index in [-0.39, 0.29) is 11.4 Å². The summed E-state index contributed by atoms with van der Waals surface area (Å²) in [5, 5.41) is 11.9. The number of anilines is 1. The second-order valence-electron chi connectivity index (χ2n) is 3.74. The number of nitrogens with one attached hydrogen (secondary N) is 2. The van der Waals surface area contributed by atoms with Gasteiger partial charge in [-0.2, -0.15) is 28.6 Å². The number of alkyl halides is 3. The monoisotopic (exact) mass is 286 g/mol. The zero-order valence-electron chi connectivity index (χ0n) is 9.94. The molecule has 0 saturated heterocycles. The number of hydrogen-bond donors (Lipinski definition) is 2. The Morgan fingerprint density at radius 3 is 2.55 bits per heavy atom. The molecular weight excluding hydrogens is 277 g/mol. The fraction of sp³-hybridized carbons (Fsp3) is 0.182. The molecule has 1 aromatic carbocycles. The van der Waals surface area contributed by atoms with Crippen LogP contribution in [-0.4, -0.2) is 34.1 Å². The highest BCUT2D eigenvalue weighted by Crippen LogP contribution is 2.20. The predicted octanol–water partition coefficient (Wildman–Crippen LogP) is 2.00. The number of amides is 1. The van der Waals surface area contributed by atoms with Crippen LogP contribution in [0, 0.1) is 0 Å². The number of H-pyrrole nitrogens is 1. The molecule has 1 heterocycles. The van der Waals surface area contributed by atoms with Gasteiger partial charge < -0.3 is 10.1 Å². The van der Waals surface area contributed by atoms with E-state index in [2.05, 4.69) is 25.5 Å². The molecule has 106 valence electrons. The van der Waals surface area contributed by atoms with Crippen LogP contribution in [0.1, 0.15) is 10.5 Å². The quantitative estimate of drug-likeness (QED) is 0.900. The summed E-state index contributed by atoms with van der Waals surface area (Å²) in [5.41, 5.74) is 0.500. The number of ether oxygens (including phenoxy) is 1. The van der Waals surface area contributed by atoms with Crippen molar-refractivity contribution < 1.29 is 22.7 Å². The van der Waals surface area contributed by atoms with E-state index < -0.39 is 18.7 Å². The van der Waals surface area contributed by atoms with Crippen molar-refractivity contribution >= 4 is 11.6 Å². The van der Waals surface area contributed by atoms with Gasteiger partial charge in [-0.15, -0.1) is 0 Å². The summed E-state index contributed by atoms with van der Waals surface area (Å²) in [6.45, 7) is -1.36. The normalized spacial score (nSPS) is 11.2. The van der Waals surface area contributed by atoms with E-state index in [1.54, 1.807) is 0 Å². The SMILES string of the molecule is O=C(Nc1ccc(OCC(F)(F)F)cc1)c1cn[nH]n1. The number of carbonyl (C=O) groups is 1. The van der Waals surface area contributed by atoms with E-state index >= 15 is 0 Å². The smallest absolute Gasteiger partial charge is 0.422 e. The Balaban J connectivity index is 1.93. The summed E-state index contributed by atoms with van der Waals surface area (Å²) in [6.07, 6.45) is -3.14. The second-order valence-corrected chi connectivity index (χ2v) is 3.74. The third-order valence-corrected chi connectivity index (χ3v) is 2.16. The average molecular weight is 286 g/mol. The van der Waals surface area contributed by atoms with Crippen molar-refractivity contribution in [1.29, 1.82) is 0 Å². The lowest BCUT2D eigenvalue weighted by molar-refractivity contribution is -0.153. The Morgan fingerprint density at radius 1 is 1.30 bits per heavy atom. The van der Waals surface area contributed by atoms with E-state index in [9.17, 15) is 18.0 Å². The Labute approximate surface area is 110 Å². The van der Waals surface area contributed by atoms with Gasteiger partial charge in [0, 0.05) is 5.69 Å². The Bertz CT molecular complexity index is 566. The number of hydrogen-bond acceptors (Lipinski definition) is 4. The van der Waals surface area contributed by atoms with Gasteiger partial charge in [-0.05, 0) is 24.3 Å². The number of rotatable bonds is 4. The van der Waals surface area contributed by atoms with E-state index in [4.69, 9.17) is 0 Å². The van der Waals surface area contributed by atoms with Gasteiger partial charge in [0.2, 0.25) is 0 Å². The van der Waals surface area contributed by atoms with Gasteiger partial charge in [0.15, 0.2) is 12.3 Å². The Hall–Kier alpha value is -2.58. The fourth-order valence-corrected chi connectivity index (χ4v) is 1.31. The highest BCUT2D eigenvalue weighted by Gasteiger charge is 2.28. The molecule has 0 unspecified atom stereocenters. The van der Waals surface area contributed by atoms with Crippen LogP contribution in [-0.2, 0) is 0 Å². The molecule has 0 aliphatic carbocycles. The van der Waals surface area contributed by atoms with Crippen molar-refractivity contribution in [3.8, 4) is 5.75 Å². The summed E-state index contributed by atoms with van der Waals surface area (Å²) < 4.78 is 40.4. The number of halogens is 3. The molecule has 2 rings (SSSR count). The summed E-state index contributed by atoms with van der Waals surface area (Å²) in [6, 6.07) is 5.49. The van der Waals surface area contributed by atoms with Gasteiger partial charge in [-0.3, -0.25) is 4.79 Å². The van der Waals surface area contributed by atoms with Crippen molar-refractivity contribution in [2.75, 3.05) is 11.9 Å². The van der Waals surface area contributed by atoms with E-state index in [1.165, 1.54) is 30.5 Å². The first-order valence-electron chi connectivity index (χ1n) is 5.41. The second kappa shape index (κ2) is 5.59. The maximum Gasteiger partial charge on any atom is 0.422 e. The van der Waals surface area contributed by atoms with Gasteiger partial charge >= 0.3 is 6.18 Å². The maximum atomic E-state index is 12.0. The molecule has 6 nitrogen and oxygen atoms in total. The van der Waals surface area contributed by atoms with E-state index in [0.29, 0.717) is 5.69 Å². The first-order valence-corrected chi connectivity index (χ1v) is 5.41. The predicted molar refractivity (Wildman–Crippen MR) is 62.3 cm³/mol. The highest BCUT2D eigenvalue weighted by atomic mass is 19.4. The number of benzene rings is 1. The molecule has 0 radical (unpaired) electrons. The Kier molecular flexibility index (Phi) is 3.87. The highest BCUT2D eigenvalue weighted by molar-refractivity contribution is 6.02. The Morgan fingerprint density at radius 2 is 2.00 bits per heavy atom. The minimum Gasteiger partial charge on any atom is -0.484 e. The molecule has 0 aliphatic heterocycles. The van der Waals surface area contributed by atoms with E-state index in [0.717, 1.165) is 0 Å². The summed E-state index contributed by atoms with van der Waals surface area (Å²) in [4.78, 5) is 11.6. The van der Waals surface area contributed by atoms with Crippen LogP contribution in [0.2, 0.25) is 0 Å². The fourth-order valence-electron chi connectivity index (χ4n) is 1.31. The van der Waals surface area contributed by atoms with Crippen molar-refractivity contribution in [3.05, 3.63) is 36.2 Å². The lowest BCUT2D eigenvalue weighted by Crippen LogP contribution is -2.19. The molecule has 9 heteroatoms. The van der Waals surface area contributed by atoms with Crippen LogP contribution in [0.4, 0.5) is 18.9 Å². The molecule has 0 spiro atoms. The number of aromatic amines is 1. The third kappa shape index (κ3) is 3.97. The standard InChI is InChI=1S/C11H9F3N4O2/c12-11(13,14)6-20-8-3-1-7(2-4-8)16-10(19)9-5-15-18-17-9/h1-5H,6H2,(H,16,19)(H,15,17,18). The molecule has 0 bridgehead atoms. The molecule has 2 N–H and O–H groups in total. The average Bonchev–Trinajstić information content (AvgIpc) is 2.91. The summed E-state index contributed by atoms with van der Waals surface area (Å²) in [7, 11) is 0. The number of carbonyl (C=O) groups excluding carboxylic acids is 1. The molecular formula is C11H9F3N4O2. The zero-order valence-corrected chi connectivity index (χ0v) is 9.94. The van der Waals surface area contributed by atoms with Gasteiger partial charge in [0.05, 0.1) is 6.20 Å². The van der Waals surface area contributed by atoms with Gasteiger partial charge in [0.25, 0.3) is 5.91 Å². The van der Waals surface area contributed by atoms with Gasteiger partial charge in [0.1, 0.15) is 5.75 Å². The van der Waals surface area contributed by atoms with Crippen LogP contribution >= 0.6 is 0 Å². The summed E-state index contributed by atoms with van der Waals surface area (Å²) in [5.74, 6) is -0.426. The first-order chi connectivity index (χ1) is 9.44. The lowest BCUT2D eigenvalue weighted by Gasteiger charge is -2.09. The van der Waals surface area contributed by atoms with Gasteiger partial charge in [-0.1, -0.05) is 0 Å². The van der Waals surface area contributed by atoms with Crippen LogP contribution in [0.5, 0.6) is 5.75 Å². The minimum absolute atomic E-state index is 0.0572. The van der Waals surface area contributed by atoms with Gasteiger partial charge in [-0.25, -0.2) is 0 Å². The molecule has 0 aliphatic rings. The summed E-state index contributed by atoms with van der Waals surface area (Å²) >= 11 is 0. The molecule has 0 saturated carbocycles. The number of nitrogens with zero attached hydrogens (tertiary/aromatic N) is 2. The van der Waals surface area contributed by atoms with Crippen molar-refractivity contribution in [2.45, 2.75) is 6.18 Å². The minimum atomic E-state index is -4.39. The third-order valence-electron chi connectivity index (χ3n) is 2.16. The molecule has 0 atom stereocenters. The van der Waals surface area contributed by atoms with Crippen LogP contribution in [0.15, 0.2) is 30.5 Å². The molecule has 0 fully saturated rings. The maximum absolute atomic E-state index is 12.0. The van der Waals surface area contributed by atoms with Crippen molar-refractivity contribution in [2.24, 2.45) is 0 Å². The van der Waals surface area contributed by atoms with Crippen LogP contribution in [0.25, 0.3) is 0 Å². The zero-order chi connectivity index (χ0) is 14.6. The molecule has 20 heavy (non-hydrogen) atoms.